The van der Waals surface area contributed by atoms with Crippen LogP contribution in [-0.4, -0.2) is 24.2 Å². The van der Waals surface area contributed by atoms with Gasteiger partial charge in [-0.25, -0.2) is 4.79 Å². The molecule has 1 heterocycles. The van der Waals surface area contributed by atoms with E-state index in [4.69, 9.17) is 18.9 Å². The Morgan fingerprint density at radius 2 is 1.76 bits per heavy atom. The standard InChI is InChI=1S/C34H44O7/c1-9-25-23-16-18(2)19(3)28(41-32(37)34(7)20-10-11-21(34)13-12-20)30(23)39-26-15-14-22(24(35)17-33(4,5)6)29(38-8)27(26)31(36)40-25/h14-16,20-21,24-25,35H,9-13,17H2,1-8H3/t20?,21?,24-,25?,34?/m0/s1. The van der Waals surface area contributed by atoms with Gasteiger partial charge >= 0.3 is 11.9 Å². The highest BCUT2D eigenvalue weighted by Gasteiger charge is 2.57. The fraction of sp³-hybridized carbons (Fsp3) is 0.588. The van der Waals surface area contributed by atoms with E-state index in [0.717, 1.165) is 36.8 Å². The van der Waals surface area contributed by atoms with Crippen molar-refractivity contribution in [1.82, 2.24) is 0 Å². The molecule has 2 fully saturated rings. The van der Waals surface area contributed by atoms with Crippen molar-refractivity contribution in [3.05, 3.63) is 46.0 Å². The second kappa shape index (κ2) is 10.6. The minimum absolute atomic E-state index is 0.110. The molecule has 2 atom stereocenters. The summed E-state index contributed by atoms with van der Waals surface area (Å²) < 4.78 is 24.7. The number of fused-ring (bicyclic) bond motifs is 4. The summed E-state index contributed by atoms with van der Waals surface area (Å²) in [6, 6.07) is 5.34. The lowest BCUT2D eigenvalue weighted by molar-refractivity contribution is -0.147. The van der Waals surface area contributed by atoms with Crippen molar-refractivity contribution >= 4 is 11.9 Å². The number of aliphatic hydroxyl groups is 1. The zero-order valence-electron chi connectivity index (χ0n) is 25.7. The second-order valence-corrected chi connectivity index (χ2v) is 13.5. The Labute approximate surface area is 243 Å². The van der Waals surface area contributed by atoms with Crippen LogP contribution in [0.25, 0.3) is 0 Å². The number of aliphatic hydroxyl groups excluding tert-OH is 1. The van der Waals surface area contributed by atoms with Gasteiger partial charge in [0.25, 0.3) is 0 Å². The highest BCUT2D eigenvalue weighted by atomic mass is 16.6. The number of aryl methyl sites for hydroxylation is 1. The zero-order chi connectivity index (χ0) is 29.9. The molecule has 2 aromatic rings. The number of carbonyl (C=O) groups excluding carboxylic acids is 2. The number of cyclic esters (lactones) is 1. The quantitative estimate of drug-likeness (QED) is 0.281. The first kappa shape index (κ1) is 29.4. The molecule has 7 heteroatoms. The fourth-order valence-corrected chi connectivity index (χ4v) is 7.21. The first-order valence-electron chi connectivity index (χ1n) is 14.9. The Hall–Kier alpha value is -3.06. The molecular weight excluding hydrogens is 520 g/mol. The first-order valence-corrected chi connectivity index (χ1v) is 14.9. The maximum atomic E-state index is 13.9. The highest BCUT2D eigenvalue weighted by molar-refractivity contribution is 5.97. The van der Waals surface area contributed by atoms with Crippen LogP contribution in [-0.2, 0) is 9.53 Å². The predicted molar refractivity (Wildman–Crippen MR) is 156 cm³/mol. The molecule has 5 rings (SSSR count). The van der Waals surface area contributed by atoms with Gasteiger partial charge in [-0.15, -0.1) is 0 Å². The van der Waals surface area contributed by atoms with Crippen LogP contribution in [0.3, 0.4) is 0 Å². The van der Waals surface area contributed by atoms with Crippen LogP contribution >= 0.6 is 0 Å². The van der Waals surface area contributed by atoms with Gasteiger partial charge in [-0.05, 0) is 106 Å². The minimum atomic E-state index is -0.855. The van der Waals surface area contributed by atoms with Gasteiger partial charge in [0.15, 0.2) is 11.5 Å². The van der Waals surface area contributed by atoms with E-state index >= 15 is 0 Å². The molecule has 2 aliphatic carbocycles. The fourth-order valence-electron chi connectivity index (χ4n) is 7.21. The molecule has 1 aliphatic heterocycles. The molecule has 1 N–H and O–H groups in total. The number of hydrogen-bond acceptors (Lipinski definition) is 7. The van der Waals surface area contributed by atoms with Crippen LogP contribution in [0.5, 0.6) is 23.0 Å². The number of benzene rings is 2. The van der Waals surface area contributed by atoms with Crippen LogP contribution in [0.1, 0.15) is 118 Å². The predicted octanol–water partition coefficient (Wildman–Crippen LogP) is 7.93. The van der Waals surface area contributed by atoms with Gasteiger partial charge in [-0.1, -0.05) is 27.7 Å². The molecule has 7 nitrogen and oxygen atoms in total. The molecule has 0 spiro atoms. The lowest BCUT2D eigenvalue weighted by Crippen LogP contribution is -2.36. The summed E-state index contributed by atoms with van der Waals surface area (Å²) in [7, 11) is 1.47. The average molecular weight is 565 g/mol. The molecule has 0 amide bonds. The Morgan fingerprint density at radius 1 is 1.12 bits per heavy atom. The number of ether oxygens (including phenoxy) is 4. The van der Waals surface area contributed by atoms with E-state index in [0.29, 0.717) is 47.3 Å². The molecule has 2 saturated carbocycles. The molecule has 222 valence electrons. The average Bonchev–Trinajstić information content (AvgIpc) is 3.41. The number of rotatable bonds is 6. The van der Waals surface area contributed by atoms with Crippen LogP contribution in [0.15, 0.2) is 18.2 Å². The largest absolute Gasteiger partial charge is 0.495 e. The Balaban J connectivity index is 1.63. The van der Waals surface area contributed by atoms with E-state index in [9.17, 15) is 14.7 Å². The summed E-state index contributed by atoms with van der Waals surface area (Å²) in [5.41, 5.74) is 2.32. The van der Waals surface area contributed by atoms with Gasteiger partial charge < -0.3 is 24.1 Å². The SMILES string of the molecule is CCC1OC(=O)c2c(ccc([C@@H](O)CC(C)(C)C)c2OC)Oc2c1cc(C)c(C)c2OC(=O)C1(C)C2CCC1CC2. The number of hydrogen-bond donors (Lipinski definition) is 1. The summed E-state index contributed by atoms with van der Waals surface area (Å²) in [6.07, 6.45) is 3.70. The van der Waals surface area contributed by atoms with E-state index in [1.807, 2.05) is 47.6 Å². The van der Waals surface area contributed by atoms with Crippen molar-refractivity contribution in [2.24, 2.45) is 22.7 Å². The van der Waals surface area contributed by atoms with Gasteiger partial charge in [-0.3, -0.25) is 4.79 Å². The molecule has 2 aromatic carbocycles. The van der Waals surface area contributed by atoms with Crippen LogP contribution in [0.2, 0.25) is 0 Å². The van der Waals surface area contributed by atoms with E-state index in [1.54, 1.807) is 12.1 Å². The van der Waals surface area contributed by atoms with Crippen molar-refractivity contribution < 1.29 is 33.6 Å². The molecule has 1 unspecified atom stereocenters. The summed E-state index contributed by atoms with van der Waals surface area (Å²) in [5.74, 6) is 1.05. The lowest BCUT2D eigenvalue weighted by atomic mass is 9.79. The first-order chi connectivity index (χ1) is 19.3. The Kier molecular flexibility index (Phi) is 7.64. The molecule has 2 bridgehead atoms. The van der Waals surface area contributed by atoms with E-state index in [-0.39, 0.29) is 28.4 Å². The summed E-state index contributed by atoms with van der Waals surface area (Å²) >= 11 is 0. The van der Waals surface area contributed by atoms with Crippen molar-refractivity contribution in [2.75, 3.05) is 7.11 Å². The lowest BCUT2D eigenvalue weighted by Gasteiger charge is -2.31. The topological polar surface area (TPSA) is 91.3 Å². The Morgan fingerprint density at radius 3 is 2.32 bits per heavy atom. The van der Waals surface area contributed by atoms with Crippen molar-refractivity contribution in [2.45, 2.75) is 99.2 Å². The third kappa shape index (κ3) is 5.00. The van der Waals surface area contributed by atoms with Gasteiger partial charge in [0.05, 0.1) is 18.6 Å². The van der Waals surface area contributed by atoms with Crippen LogP contribution < -0.4 is 14.2 Å². The molecule has 0 aromatic heterocycles. The number of esters is 2. The number of methoxy groups -OCH3 is 1. The third-order valence-electron chi connectivity index (χ3n) is 9.73. The molecule has 41 heavy (non-hydrogen) atoms. The maximum absolute atomic E-state index is 13.9. The summed E-state index contributed by atoms with van der Waals surface area (Å²) in [6.45, 7) is 14.0. The molecule has 3 aliphatic rings. The van der Waals surface area contributed by atoms with Crippen molar-refractivity contribution in [3.63, 3.8) is 0 Å². The third-order valence-corrected chi connectivity index (χ3v) is 9.73. The van der Waals surface area contributed by atoms with Crippen molar-refractivity contribution in [1.29, 1.82) is 0 Å². The zero-order valence-corrected chi connectivity index (χ0v) is 25.7. The molecular formula is C34H44O7. The van der Waals surface area contributed by atoms with E-state index < -0.39 is 23.6 Å². The van der Waals surface area contributed by atoms with Crippen LogP contribution in [0.4, 0.5) is 0 Å². The second-order valence-electron chi connectivity index (χ2n) is 13.5. The van der Waals surface area contributed by atoms with Crippen LogP contribution in [0, 0.1) is 36.5 Å². The van der Waals surface area contributed by atoms with Gasteiger partial charge in [0.1, 0.15) is 23.2 Å². The summed E-state index contributed by atoms with van der Waals surface area (Å²) in [4.78, 5) is 27.5. The molecule has 0 saturated heterocycles. The number of carbonyl (C=O) groups is 2. The van der Waals surface area contributed by atoms with Gasteiger partial charge in [-0.2, -0.15) is 0 Å². The summed E-state index contributed by atoms with van der Waals surface area (Å²) in [5, 5.41) is 11.1. The smallest absolute Gasteiger partial charge is 0.346 e. The maximum Gasteiger partial charge on any atom is 0.346 e. The van der Waals surface area contributed by atoms with E-state index in [2.05, 4.69) is 6.92 Å². The van der Waals surface area contributed by atoms with E-state index in [1.165, 1.54) is 7.11 Å². The van der Waals surface area contributed by atoms with Crippen molar-refractivity contribution in [3.8, 4) is 23.0 Å². The van der Waals surface area contributed by atoms with Gasteiger partial charge in [0.2, 0.25) is 0 Å². The normalized spacial score (nSPS) is 25.8. The van der Waals surface area contributed by atoms with Gasteiger partial charge in [0, 0.05) is 11.1 Å². The monoisotopic (exact) mass is 564 g/mol. The minimum Gasteiger partial charge on any atom is -0.495 e. The highest BCUT2D eigenvalue weighted by Crippen LogP contribution is 2.59. The molecule has 0 radical (unpaired) electrons. The Bertz CT molecular complexity index is 1350.